The van der Waals surface area contributed by atoms with Gasteiger partial charge in [0.1, 0.15) is 5.75 Å². The summed E-state index contributed by atoms with van der Waals surface area (Å²) in [6, 6.07) is 18.0. The minimum atomic E-state index is 0.652. The van der Waals surface area contributed by atoms with E-state index in [0.29, 0.717) is 6.54 Å². The summed E-state index contributed by atoms with van der Waals surface area (Å²) in [6.45, 7) is 2.71. The average molecular weight is 359 g/mol. The number of aromatic nitrogens is 4. The van der Waals surface area contributed by atoms with E-state index in [0.717, 1.165) is 39.6 Å². The molecule has 6 nitrogen and oxygen atoms in total. The van der Waals surface area contributed by atoms with Crippen molar-refractivity contribution < 1.29 is 4.74 Å². The van der Waals surface area contributed by atoms with Gasteiger partial charge in [-0.05, 0) is 43.3 Å². The number of aromatic amines is 1. The standard InChI is InChI=1S/C21H21N5O/c1-15-20(14-24-26(15)18-6-4-3-5-7-18)22-12-17-13-23-25-21(17)16-8-10-19(27-2)11-9-16/h3-11,13-14,22H,12H2,1-2H3,(H,23,25). The van der Waals surface area contributed by atoms with Gasteiger partial charge in [-0.15, -0.1) is 0 Å². The molecule has 0 spiro atoms. The zero-order valence-electron chi connectivity index (χ0n) is 15.3. The topological polar surface area (TPSA) is 67.8 Å². The predicted molar refractivity (Wildman–Crippen MR) is 106 cm³/mol. The van der Waals surface area contributed by atoms with Crippen molar-refractivity contribution in [2.45, 2.75) is 13.5 Å². The van der Waals surface area contributed by atoms with Gasteiger partial charge in [-0.25, -0.2) is 4.68 Å². The van der Waals surface area contributed by atoms with E-state index >= 15 is 0 Å². The maximum absolute atomic E-state index is 5.23. The van der Waals surface area contributed by atoms with Crippen LogP contribution in [0.3, 0.4) is 0 Å². The van der Waals surface area contributed by atoms with E-state index in [4.69, 9.17) is 4.74 Å². The summed E-state index contributed by atoms with van der Waals surface area (Å²) >= 11 is 0. The first kappa shape index (κ1) is 16.9. The smallest absolute Gasteiger partial charge is 0.118 e. The molecular weight excluding hydrogens is 338 g/mol. The second kappa shape index (κ2) is 7.37. The Bertz CT molecular complexity index is 1020. The van der Waals surface area contributed by atoms with E-state index in [-0.39, 0.29) is 0 Å². The molecular formula is C21H21N5O. The minimum Gasteiger partial charge on any atom is -0.497 e. The summed E-state index contributed by atoms with van der Waals surface area (Å²) < 4.78 is 7.16. The number of nitrogens with zero attached hydrogens (tertiary/aromatic N) is 3. The highest BCUT2D eigenvalue weighted by Crippen LogP contribution is 2.25. The zero-order chi connectivity index (χ0) is 18.6. The molecule has 0 bridgehead atoms. The van der Waals surface area contributed by atoms with E-state index < -0.39 is 0 Å². The number of hydrogen-bond donors (Lipinski definition) is 2. The van der Waals surface area contributed by atoms with Crippen molar-refractivity contribution in [1.29, 1.82) is 0 Å². The predicted octanol–water partition coefficient (Wildman–Crippen LogP) is 4.19. The maximum Gasteiger partial charge on any atom is 0.118 e. The summed E-state index contributed by atoms with van der Waals surface area (Å²) in [6.07, 6.45) is 3.71. The van der Waals surface area contributed by atoms with Crippen LogP contribution >= 0.6 is 0 Å². The number of benzene rings is 2. The maximum atomic E-state index is 5.23. The van der Waals surface area contributed by atoms with Crippen LogP contribution in [0.5, 0.6) is 5.75 Å². The molecule has 0 saturated carbocycles. The second-order valence-corrected chi connectivity index (χ2v) is 6.24. The largest absolute Gasteiger partial charge is 0.497 e. The summed E-state index contributed by atoms with van der Waals surface area (Å²) in [5, 5.41) is 15.3. The van der Waals surface area contributed by atoms with Crippen LogP contribution in [0.2, 0.25) is 0 Å². The fraction of sp³-hybridized carbons (Fsp3) is 0.143. The van der Waals surface area contributed by atoms with Crippen molar-refractivity contribution in [3.8, 4) is 22.7 Å². The van der Waals surface area contributed by atoms with Crippen LogP contribution in [0.4, 0.5) is 5.69 Å². The highest BCUT2D eigenvalue weighted by Gasteiger charge is 2.11. The van der Waals surface area contributed by atoms with E-state index in [2.05, 4.69) is 27.5 Å². The van der Waals surface area contributed by atoms with Gasteiger partial charge in [0.2, 0.25) is 0 Å². The van der Waals surface area contributed by atoms with Crippen molar-refractivity contribution >= 4 is 5.69 Å². The Balaban J connectivity index is 1.52. The van der Waals surface area contributed by atoms with Crippen molar-refractivity contribution in [2.75, 3.05) is 12.4 Å². The Labute approximate surface area is 157 Å². The molecule has 0 amide bonds. The minimum absolute atomic E-state index is 0.652. The Kier molecular flexibility index (Phi) is 4.61. The number of para-hydroxylation sites is 1. The molecule has 0 aliphatic heterocycles. The molecule has 2 N–H and O–H groups in total. The van der Waals surface area contributed by atoms with Gasteiger partial charge in [0.25, 0.3) is 0 Å². The van der Waals surface area contributed by atoms with Gasteiger partial charge in [0, 0.05) is 17.7 Å². The fourth-order valence-corrected chi connectivity index (χ4v) is 3.06. The van der Waals surface area contributed by atoms with Gasteiger partial charge in [-0.2, -0.15) is 10.2 Å². The Morgan fingerprint density at radius 3 is 2.56 bits per heavy atom. The van der Waals surface area contributed by atoms with Crippen LogP contribution in [0.15, 0.2) is 67.0 Å². The first-order valence-corrected chi connectivity index (χ1v) is 8.77. The molecule has 6 heteroatoms. The molecule has 2 aromatic carbocycles. The third kappa shape index (κ3) is 3.42. The lowest BCUT2D eigenvalue weighted by atomic mass is 10.1. The monoisotopic (exact) mass is 359 g/mol. The normalized spacial score (nSPS) is 10.7. The number of methoxy groups -OCH3 is 1. The highest BCUT2D eigenvalue weighted by molar-refractivity contribution is 5.64. The van der Waals surface area contributed by atoms with Gasteiger partial charge in [-0.3, -0.25) is 5.10 Å². The molecule has 0 unspecified atom stereocenters. The lowest BCUT2D eigenvalue weighted by molar-refractivity contribution is 0.415. The van der Waals surface area contributed by atoms with E-state index in [9.17, 15) is 0 Å². The van der Waals surface area contributed by atoms with E-state index in [1.54, 1.807) is 7.11 Å². The third-order valence-electron chi connectivity index (χ3n) is 4.58. The quantitative estimate of drug-likeness (QED) is 0.542. The summed E-state index contributed by atoms with van der Waals surface area (Å²) in [7, 11) is 1.67. The summed E-state index contributed by atoms with van der Waals surface area (Å²) in [5.74, 6) is 0.835. The lowest BCUT2D eigenvalue weighted by Crippen LogP contribution is -2.02. The van der Waals surface area contributed by atoms with Gasteiger partial charge in [0.15, 0.2) is 0 Å². The van der Waals surface area contributed by atoms with Gasteiger partial charge >= 0.3 is 0 Å². The van der Waals surface area contributed by atoms with Gasteiger partial charge < -0.3 is 10.1 Å². The molecule has 2 aromatic heterocycles. The first-order valence-electron chi connectivity index (χ1n) is 8.77. The lowest BCUT2D eigenvalue weighted by Gasteiger charge is -2.08. The Morgan fingerprint density at radius 2 is 1.81 bits per heavy atom. The van der Waals surface area contributed by atoms with Crippen LogP contribution in [0.1, 0.15) is 11.3 Å². The molecule has 0 saturated heterocycles. The van der Waals surface area contributed by atoms with Crippen LogP contribution in [-0.4, -0.2) is 27.1 Å². The van der Waals surface area contributed by atoms with Crippen molar-refractivity contribution in [1.82, 2.24) is 20.0 Å². The van der Waals surface area contributed by atoms with Gasteiger partial charge in [0.05, 0.1) is 42.3 Å². The Hall–Kier alpha value is -3.54. The number of hydrogen-bond acceptors (Lipinski definition) is 4. The van der Waals surface area contributed by atoms with Crippen LogP contribution in [-0.2, 0) is 6.54 Å². The molecule has 0 aliphatic carbocycles. The second-order valence-electron chi connectivity index (χ2n) is 6.24. The number of nitrogens with one attached hydrogen (secondary N) is 2. The average Bonchev–Trinajstić information content (AvgIpc) is 3.33. The SMILES string of the molecule is COc1ccc(-c2[nH]ncc2CNc2cnn(-c3ccccc3)c2C)cc1. The molecule has 4 rings (SSSR count). The molecule has 136 valence electrons. The number of rotatable bonds is 6. The molecule has 0 fully saturated rings. The van der Waals surface area contributed by atoms with Crippen LogP contribution in [0, 0.1) is 6.92 Å². The van der Waals surface area contributed by atoms with E-state index in [1.165, 1.54) is 0 Å². The third-order valence-corrected chi connectivity index (χ3v) is 4.58. The van der Waals surface area contributed by atoms with Crippen molar-refractivity contribution in [3.05, 3.63) is 78.2 Å². The molecule has 2 heterocycles. The molecule has 27 heavy (non-hydrogen) atoms. The molecule has 0 radical (unpaired) electrons. The van der Waals surface area contributed by atoms with Crippen LogP contribution in [0.25, 0.3) is 16.9 Å². The molecule has 4 aromatic rings. The molecule has 0 atom stereocenters. The number of ether oxygens (including phenoxy) is 1. The first-order chi connectivity index (χ1) is 13.3. The summed E-state index contributed by atoms with van der Waals surface area (Å²) in [4.78, 5) is 0. The zero-order valence-corrected chi connectivity index (χ0v) is 15.3. The number of H-pyrrole nitrogens is 1. The van der Waals surface area contributed by atoms with Crippen molar-refractivity contribution in [3.63, 3.8) is 0 Å². The number of anilines is 1. The van der Waals surface area contributed by atoms with Crippen molar-refractivity contribution in [2.24, 2.45) is 0 Å². The fourth-order valence-electron chi connectivity index (χ4n) is 3.06. The summed E-state index contributed by atoms with van der Waals surface area (Å²) in [5.41, 5.74) is 6.27. The molecule has 0 aliphatic rings. The van der Waals surface area contributed by atoms with E-state index in [1.807, 2.05) is 71.7 Å². The highest BCUT2D eigenvalue weighted by atomic mass is 16.5. The van der Waals surface area contributed by atoms with Gasteiger partial charge in [-0.1, -0.05) is 18.2 Å². The van der Waals surface area contributed by atoms with Crippen LogP contribution < -0.4 is 10.1 Å². The Morgan fingerprint density at radius 1 is 1.04 bits per heavy atom.